The van der Waals surface area contributed by atoms with Crippen LogP contribution in [-0.2, 0) is 14.3 Å². The Bertz CT molecular complexity index is 1100. The summed E-state index contributed by atoms with van der Waals surface area (Å²) in [4.78, 5) is 36.0. The normalized spacial score (nSPS) is 20.3. The van der Waals surface area contributed by atoms with Crippen LogP contribution in [0.4, 0.5) is 4.79 Å². The predicted octanol–water partition coefficient (Wildman–Crippen LogP) is 3.20. The highest BCUT2D eigenvalue weighted by atomic mass is 16.5. The minimum atomic E-state index is -1.54. The van der Waals surface area contributed by atoms with Crippen molar-refractivity contribution in [3.63, 3.8) is 0 Å². The number of allylic oxidation sites excluding steroid dienone is 1. The summed E-state index contributed by atoms with van der Waals surface area (Å²) in [5.41, 5.74) is 3.04. The van der Waals surface area contributed by atoms with Crippen LogP contribution in [0.25, 0.3) is 11.1 Å². The molecule has 4 rings (SSSR count). The van der Waals surface area contributed by atoms with Gasteiger partial charge in [0.25, 0.3) is 0 Å². The van der Waals surface area contributed by atoms with Crippen molar-refractivity contribution in [2.75, 3.05) is 13.2 Å². The van der Waals surface area contributed by atoms with E-state index in [1.54, 1.807) is 0 Å². The number of nitrogens with one attached hydrogen (secondary N) is 2. The van der Waals surface area contributed by atoms with Crippen molar-refractivity contribution < 1.29 is 29.3 Å². The highest BCUT2D eigenvalue weighted by molar-refractivity contribution is 5.80. The first-order chi connectivity index (χ1) is 16.7. The Morgan fingerprint density at radius 3 is 2.31 bits per heavy atom. The molecule has 0 saturated carbocycles. The van der Waals surface area contributed by atoms with E-state index in [4.69, 9.17) is 9.84 Å². The van der Waals surface area contributed by atoms with Gasteiger partial charge in [-0.1, -0.05) is 60.7 Å². The number of carbonyl (C=O) groups is 3. The number of amides is 2. The highest BCUT2D eigenvalue weighted by Crippen LogP contribution is 2.44. The van der Waals surface area contributed by atoms with E-state index in [-0.39, 0.29) is 31.0 Å². The zero-order valence-corrected chi connectivity index (χ0v) is 19.6. The molecule has 0 fully saturated rings. The summed E-state index contributed by atoms with van der Waals surface area (Å²) in [7, 11) is 0. The number of ether oxygens (including phenoxy) is 1. The Kier molecular flexibility index (Phi) is 7.21. The van der Waals surface area contributed by atoms with Gasteiger partial charge in [-0.25, -0.2) is 4.79 Å². The van der Waals surface area contributed by atoms with E-state index in [2.05, 4.69) is 34.9 Å². The minimum absolute atomic E-state index is 0.0350. The fourth-order valence-corrected chi connectivity index (χ4v) is 4.81. The maximum absolute atomic E-state index is 12.6. The SMILES string of the molecule is CC(O)(CNC(=O)[C@@H]1CC=C[C@@H](NC(=O)OCC2c3ccccc3-c3ccccc32)C1)CC(=O)O. The second-order valence-electron chi connectivity index (χ2n) is 9.46. The van der Waals surface area contributed by atoms with Gasteiger partial charge in [0.05, 0.1) is 18.1 Å². The number of hydrogen-bond donors (Lipinski definition) is 4. The van der Waals surface area contributed by atoms with Gasteiger partial charge in [0.2, 0.25) is 5.91 Å². The van der Waals surface area contributed by atoms with Crippen LogP contribution in [0, 0.1) is 5.92 Å². The molecule has 3 atom stereocenters. The number of hydrogen-bond acceptors (Lipinski definition) is 5. The lowest BCUT2D eigenvalue weighted by molar-refractivity contribution is -0.142. The largest absolute Gasteiger partial charge is 0.481 e. The zero-order chi connectivity index (χ0) is 25.0. The van der Waals surface area contributed by atoms with Gasteiger partial charge in [0, 0.05) is 18.4 Å². The number of rotatable bonds is 8. The summed E-state index contributed by atoms with van der Waals surface area (Å²) in [5.74, 6) is -1.87. The van der Waals surface area contributed by atoms with Crippen LogP contribution >= 0.6 is 0 Å². The molecule has 2 aliphatic rings. The standard InChI is InChI=1S/C27H30N2O6/c1-27(34,14-24(30)31)16-28-25(32)17-7-6-8-18(13-17)29-26(33)35-15-23-21-11-4-2-9-19(21)20-10-3-5-12-22(20)23/h2-6,8-12,17-18,23,34H,7,13-16H2,1H3,(H,28,32)(H,29,33)(H,30,31)/t17-,18-,27?/m1/s1. The van der Waals surface area contributed by atoms with Gasteiger partial charge in [0.1, 0.15) is 6.61 Å². The van der Waals surface area contributed by atoms with E-state index >= 15 is 0 Å². The lowest BCUT2D eigenvalue weighted by atomic mass is 9.90. The van der Waals surface area contributed by atoms with Crippen LogP contribution < -0.4 is 10.6 Å². The molecule has 0 bridgehead atoms. The molecule has 0 spiro atoms. The summed E-state index contributed by atoms with van der Waals surface area (Å²) in [6.45, 7) is 1.41. The van der Waals surface area contributed by atoms with Crippen LogP contribution in [-0.4, -0.2) is 53.0 Å². The monoisotopic (exact) mass is 478 g/mol. The number of aliphatic carboxylic acids is 1. The summed E-state index contributed by atoms with van der Waals surface area (Å²) >= 11 is 0. The fraction of sp³-hybridized carbons (Fsp3) is 0.370. The number of aliphatic hydroxyl groups is 1. The van der Waals surface area contributed by atoms with Gasteiger partial charge in [-0.3, -0.25) is 9.59 Å². The first-order valence-corrected chi connectivity index (χ1v) is 11.7. The molecule has 2 amide bonds. The molecule has 1 unspecified atom stereocenters. The van der Waals surface area contributed by atoms with Gasteiger partial charge in [-0.15, -0.1) is 0 Å². The van der Waals surface area contributed by atoms with E-state index in [0.29, 0.717) is 12.8 Å². The molecule has 184 valence electrons. The molecule has 35 heavy (non-hydrogen) atoms. The fourth-order valence-electron chi connectivity index (χ4n) is 4.81. The van der Waals surface area contributed by atoms with Crippen LogP contribution in [0.5, 0.6) is 0 Å². The number of carbonyl (C=O) groups excluding carboxylic acids is 2. The minimum Gasteiger partial charge on any atom is -0.481 e. The molecule has 0 aliphatic heterocycles. The third-order valence-corrected chi connectivity index (χ3v) is 6.52. The van der Waals surface area contributed by atoms with Crippen molar-refractivity contribution >= 4 is 18.0 Å². The number of benzene rings is 2. The van der Waals surface area contributed by atoms with Gasteiger partial charge < -0.3 is 25.6 Å². The molecule has 2 aromatic carbocycles. The quantitative estimate of drug-likeness (QED) is 0.432. The lowest BCUT2D eigenvalue weighted by Crippen LogP contribution is -2.46. The molecule has 8 heteroatoms. The summed E-state index contributed by atoms with van der Waals surface area (Å²) < 4.78 is 5.59. The van der Waals surface area contributed by atoms with E-state index < -0.39 is 30.0 Å². The van der Waals surface area contributed by atoms with Gasteiger partial charge in [-0.05, 0) is 42.0 Å². The number of fused-ring (bicyclic) bond motifs is 3. The van der Waals surface area contributed by atoms with Crippen LogP contribution in [0.3, 0.4) is 0 Å². The number of carboxylic acids is 1. The summed E-state index contributed by atoms with van der Waals surface area (Å²) in [6.07, 6.45) is 3.53. The highest BCUT2D eigenvalue weighted by Gasteiger charge is 2.31. The molecule has 0 radical (unpaired) electrons. The van der Waals surface area contributed by atoms with Gasteiger partial charge in [0.15, 0.2) is 0 Å². The second-order valence-corrected chi connectivity index (χ2v) is 9.46. The van der Waals surface area contributed by atoms with E-state index in [0.717, 1.165) is 22.3 Å². The van der Waals surface area contributed by atoms with E-state index in [1.807, 2.05) is 36.4 Å². The van der Waals surface area contributed by atoms with Gasteiger partial charge >= 0.3 is 12.1 Å². The smallest absolute Gasteiger partial charge is 0.407 e. The first kappa shape index (κ1) is 24.5. The third-order valence-electron chi connectivity index (χ3n) is 6.52. The van der Waals surface area contributed by atoms with Crippen molar-refractivity contribution in [2.45, 2.75) is 43.7 Å². The van der Waals surface area contributed by atoms with Gasteiger partial charge in [-0.2, -0.15) is 0 Å². The molecule has 0 saturated heterocycles. The Morgan fingerprint density at radius 1 is 1.06 bits per heavy atom. The zero-order valence-electron chi connectivity index (χ0n) is 19.6. The van der Waals surface area contributed by atoms with Crippen LogP contribution in [0.2, 0.25) is 0 Å². The molecule has 2 aliphatic carbocycles. The molecule has 8 nitrogen and oxygen atoms in total. The lowest BCUT2D eigenvalue weighted by Gasteiger charge is -2.27. The van der Waals surface area contributed by atoms with Crippen molar-refractivity contribution in [3.05, 3.63) is 71.8 Å². The first-order valence-electron chi connectivity index (χ1n) is 11.7. The molecule has 4 N–H and O–H groups in total. The Labute approximate surface area is 204 Å². The van der Waals surface area contributed by atoms with Crippen LogP contribution in [0.15, 0.2) is 60.7 Å². The summed E-state index contributed by atoms with van der Waals surface area (Å²) in [6, 6.07) is 15.9. The average molecular weight is 479 g/mol. The van der Waals surface area contributed by atoms with Crippen molar-refractivity contribution in [1.82, 2.24) is 10.6 Å². The van der Waals surface area contributed by atoms with Crippen molar-refractivity contribution in [2.24, 2.45) is 5.92 Å². The Morgan fingerprint density at radius 2 is 1.69 bits per heavy atom. The van der Waals surface area contributed by atoms with E-state index in [1.165, 1.54) is 6.92 Å². The van der Waals surface area contributed by atoms with Crippen LogP contribution in [0.1, 0.15) is 43.2 Å². The second kappa shape index (κ2) is 10.3. The van der Waals surface area contributed by atoms with E-state index in [9.17, 15) is 19.5 Å². The number of alkyl carbamates (subject to hydrolysis) is 1. The molecular weight excluding hydrogens is 448 g/mol. The van der Waals surface area contributed by atoms with Crippen molar-refractivity contribution in [3.8, 4) is 11.1 Å². The Hall–Kier alpha value is -3.65. The molecule has 0 aromatic heterocycles. The topological polar surface area (TPSA) is 125 Å². The Balaban J connectivity index is 1.29. The molecular formula is C27H30N2O6. The molecule has 2 aromatic rings. The maximum Gasteiger partial charge on any atom is 0.407 e. The molecule has 0 heterocycles. The predicted molar refractivity (Wildman–Crippen MR) is 130 cm³/mol. The summed E-state index contributed by atoms with van der Waals surface area (Å²) in [5, 5.41) is 24.4. The van der Waals surface area contributed by atoms with Crippen molar-refractivity contribution in [1.29, 1.82) is 0 Å². The maximum atomic E-state index is 12.6. The number of carboxylic acid groups (broad SMARTS) is 1. The average Bonchev–Trinajstić information content (AvgIpc) is 3.14. The third kappa shape index (κ3) is 5.89.